The van der Waals surface area contributed by atoms with Crippen molar-refractivity contribution in [2.45, 2.75) is 38.1 Å². The summed E-state index contributed by atoms with van der Waals surface area (Å²) in [6.07, 6.45) is 11.1. The van der Waals surface area contributed by atoms with Crippen molar-refractivity contribution in [1.82, 2.24) is 9.55 Å². The lowest BCUT2D eigenvalue weighted by Gasteiger charge is -2.27. The molecule has 22 heavy (non-hydrogen) atoms. The van der Waals surface area contributed by atoms with Gasteiger partial charge in [0, 0.05) is 25.4 Å². The van der Waals surface area contributed by atoms with E-state index in [1.807, 2.05) is 17.4 Å². The van der Waals surface area contributed by atoms with Crippen LogP contribution in [0.3, 0.4) is 0 Å². The smallest absolute Gasteiger partial charge is 0.227 e. The average Bonchev–Trinajstić information content (AvgIpc) is 3.03. The third-order valence-corrected chi connectivity index (χ3v) is 5.33. The molecule has 4 nitrogen and oxygen atoms in total. The number of imidazole rings is 1. The maximum atomic E-state index is 12.1. The summed E-state index contributed by atoms with van der Waals surface area (Å²) in [7, 11) is 0. The Kier molecular flexibility index (Phi) is 2.52. The summed E-state index contributed by atoms with van der Waals surface area (Å²) in [5.41, 5.74) is 5.37. The Morgan fingerprint density at radius 3 is 2.68 bits per heavy atom. The van der Waals surface area contributed by atoms with E-state index in [0.717, 1.165) is 25.3 Å². The normalized spacial score (nSPS) is 21.1. The van der Waals surface area contributed by atoms with E-state index in [4.69, 9.17) is 0 Å². The van der Waals surface area contributed by atoms with Crippen LogP contribution in [0.25, 0.3) is 0 Å². The third-order valence-electron chi connectivity index (χ3n) is 5.33. The van der Waals surface area contributed by atoms with Crippen molar-refractivity contribution in [3.05, 3.63) is 47.5 Å². The Bertz CT molecular complexity index is 746. The van der Waals surface area contributed by atoms with Gasteiger partial charge in [-0.05, 0) is 48.3 Å². The van der Waals surface area contributed by atoms with Gasteiger partial charge in [0.15, 0.2) is 0 Å². The number of benzene rings is 1. The fourth-order valence-corrected chi connectivity index (χ4v) is 4.19. The zero-order chi connectivity index (χ0) is 14.7. The van der Waals surface area contributed by atoms with Crippen LogP contribution in [-0.4, -0.2) is 22.0 Å². The number of aromatic nitrogens is 2. The number of carbonyl (C=O) groups is 1. The second-order valence-corrected chi connectivity index (χ2v) is 6.78. The van der Waals surface area contributed by atoms with Gasteiger partial charge in [-0.15, -0.1) is 0 Å². The molecule has 0 bridgehead atoms. The molecule has 2 aromatic rings. The highest BCUT2D eigenvalue weighted by molar-refractivity contribution is 5.98. The number of rotatable bonds is 3. The molecule has 1 aromatic heterocycles. The summed E-state index contributed by atoms with van der Waals surface area (Å²) in [6.45, 7) is 0.865. The largest absolute Gasteiger partial charge is 0.330 e. The van der Waals surface area contributed by atoms with Crippen molar-refractivity contribution < 1.29 is 4.79 Å². The number of anilines is 1. The first-order valence-electron chi connectivity index (χ1n) is 8.25. The SMILES string of the molecule is O=C1CCc2cc([C@@H](C3CC3)n3ccnc3)cc3c2N1CC3. The quantitative estimate of drug-likeness (QED) is 0.872. The molecule has 0 N–H and O–H groups in total. The molecule has 5 rings (SSSR count). The molecule has 1 atom stereocenters. The fraction of sp³-hybridized carbons (Fsp3) is 0.444. The summed E-state index contributed by atoms with van der Waals surface area (Å²) < 4.78 is 2.26. The second kappa shape index (κ2) is 4.45. The molecule has 3 heterocycles. The van der Waals surface area contributed by atoms with Crippen molar-refractivity contribution in [1.29, 1.82) is 0 Å². The van der Waals surface area contributed by atoms with Crippen LogP contribution in [0, 0.1) is 5.92 Å². The van der Waals surface area contributed by atoms with Gasteiger partial charge in [-0.3, -0.25) is 4.79 Å². The van der Waals surface area contributed by atoms with Crippen LogP contribution in [0.4, 0.5) is 5.69 Å². The van der Waals surface area contributed by atoms with Crippen molar-refractivity contribution in [3.63, 3.8) is 0 Å². The van der Waals surface area contributed by atoms with Gasteiger partial charge < -0.3 is 9.47 Å². The van der Waals surface area contributed by atoms with Gasteiger partial charge in [0.1, 0.15) is 0 Å². The summed E-state index contributed by atoms with van der Waals surface area (Å²) in [5, 5.41) is 0. The molecular formula is C18H19N3O. The van der Waals surface area contributed by atoms with Gasteiger partial charge >= 0.3 is 0 Å². The summed E-state index contributed by atoms with van der Waals surface area (Å²) in [5.74, 6) is 1.04. The van der Waals surface area contributed by atoms with Crippen LogP contribution in [-0.2, 0) is 17.6 Å². The van der Waals surface area contributed by atoms with Crippen LogP contribution in [0.2, 0.25) is 0 Å². The Morgan fingerprint density at radius 1 is 1.14 bits per heavy atom. The number of hydrogen-bond acceptors (Lipinski definition) is 2. The van der Waals surface area contributed by atoms with E-state index < -0.39 is 0 Å². The Morgan fingerprint density at radius 2 is 1.95 bits per heavy atom. The molecule has 0 radical (unpaired) electrons. The van der Waals surface area contributed by atoms with E-state index in [9.17, 15) is 4.79 Å². The van der Waals surface area contributed by atoms with Crippen LogP contribution < -0.4 is 4.90 Å². The molecule has 1 amide bonds. The Hall–Kier alpha value is -2.10. The van der Waals surface area contributed by atoms with Crippen molar-refractivity contribution >= 4 is 11.6 Å². The van der Waals surface area contributed by atoms with Gasteiger partial charge in [0.2, 0.25) is 5.91 Å². The lowest BCUT2D eigenvalue weighted by molar-refractivity contribution is -0.118. The highest BCUT2D eigenvalue weighted by Crippen LogP contribution is 2.46. The topological polar surface area (TPSA) is 38.1 Å². The molecule has 1 aromatic carbocycles. The van der Waals surface area contributed by atoms with Gasteiger partial charge in [0.25, 0.3) is 0 Å². The predicted octanol–water partition coefficient (Wildman–Crippen LogP) is 2.72. The zero-order valence-corrected chi connectivity index (χ0v) is 12.5. The first-order chi connectivity index (χ1) is 10.8. The minimum atomic E-state index is 0.298. The maximum absolute atomic E-state index is 12.1. The Labute approximate surface area is 129 Å². The number of amides is 1. The van der Waals surface area contributed by atoms with E-state index in [2.05, 4.69) is 27.9 Å². The van der Waals surface area contributed by atoms with E-state index >= 15 is 0 Å². The van der Waals surface area contributed by atoms with Gasteiger partial charge in [-0.1, -0.05) is 12.1 Å². The highest BCUT2D eigenvalue weighted by Gasteiger charge is 2.36. The predicted molar refractivity (Wildman–Crippen MR) is 83.9 cm³/mol. The number of nitrogens with zero attached hydrogens (tertiary/aromatic N) is 3. The van der Waals surface area contributed by atoms with E-state index in [1.54, 1.807) is 0 Å². The van der Waals surface area contributed by atoms with E-state index in [1.165, 1.54) is 35.2 Å². The molecule has 3 aliphatic rings. The second-order valence-electron chi connectivity index (χ2n) is 6.78. The van der Waals surface area contributed by atoms with Crippen LogP contribution in [0.15, 0.2) is 30.9 Å². The van der Waals surface area contributed by atoms with Crippen LogP contribution >= 0.6 is 0 Å². The zero-order valence-electron chi connectivity index (χ0n) is 12.5. The van der Waals surface area contributed by atoms with Crippen molar-refractivity contribution in [2.24, 2.45) is 5.92 Å². The molecule has 4 heteroatoms. The van der Waals surface area contributed by atoms with Crippen LogP contribution in [0.5, 0.6) is 0 Å². The maximum Gasteiger partial charge on any atom is 0.227 e. The van der Waals surface area contributed by atoms with Gasteiger partial charge in [-0.25, -0.2) is 4.98 Å². The minimum absolute atomic E-state index is 0.298. The fourth-order valence-electron chi connectivity index (χ4n) is 4.19. The van der Waals surface area contributed by atoms with E-state index in [-0.39, 0.29) is 0 Å². The molecule has 0 saturated heterocycles. The van der Waals surface area contributed by atoms with Crippen LogP contribution in [0.1, 0.15) is 42.0 Å². The molecule has 0 unspecified atom stereocenters. The third kappa shape index (κ3) is 1.76. The standard InChI is InChI=1S/C18H19N3O/c22-16-4-3-13-9-15(10-14-5-7-21(16)18(13)14)17(12-1-2-12)20-8-6-19-11-20/h6,8-12,17H,1-5,7H2/t17-/m1/s1. The monoisotopic (exact) mass is 293 g/mol. The average molecular weight is 293 g/mol. The molecule has 1 saturated carbocycles. The molecule has 1 aliphatic carbocycles. The number of aryl methyl sites for hydroxylation is 1. The van der Waals surface area contributed by atoms with Gasteiger partial charge in [-0.2, -0.15) is 0 Å². The molecule has 2 aliphatic heterocycles. The lowest BCUT2D eigenvalue weighted by Crippen LogP contribution is -2.32. The summed E-state index contributed by atoms with van der Waals surface area (Å²) in [6, 6.07) is 5.11. The van der Waals surface area contributed by atoms with Gasteiger partial charge in [0.05, 0.1) is 18.1 Å². The molecule has 0 spiro atoms. The first-order valence-corrected chi connectivity index (χ1v) is 8.25. The first kappa shape index (κ1) is 12.4. The summed E-state index contributed by atoms with van der Waals surface area (Å²) in [4.78, 5) is 18.3. The van der Waals surface area contributed by atoms with E-state index in [0.29, 0.717) is 18.4 Å². The lowest BCUT2D eigenvalue weighted by atomic mass is 9.92. The summed E-state index contributed by atoms with van der Waals surface area (Å²) >= 11 is 0. The number of hydrogen-bond donors (Lipinski definition) is 0. The molecule has 1 fully saturated rings. The number of carbonyl (C=O) groups excluding carboxylic acids is 1. The molecule has 112 valence electrons. The molecular weight excluding hydrogens is 274 g/mol. The highest BCUT2D eigenvalue weighted by atomic mass is 16.2. The minimum Gasteiger partial charge on any atom is -0.330 e. The van der Waals surface area contributed by atoms with Crippen molar-refractivity contribution in [3.8, 4) is 0 Å². The Balaban J connectivity index is 1.63. The van der Waals surface area contributed by atoms with Crippen molar-refractivity contribution in [2.75, 3.05) is 11.4 Å².